The Bertz CT molecular complexity index is 927. The molecule has 182 valence electrons. The van der Waals surface area contributed by atoms with Gasteiger partial charge in [-0.15, -0.1) is 0 Å². The van der Waals surface area contributed by atoms with Crippen molar-refractivity contribution >= 4 is 11.8 Å². The molecule has 2 atom stereocenters. The number of carbonyl (C=O) groups excluding carboxylic acids is 2. The van der Waals surface area contributed by atoms with Crippen LogP contribution in [0.3, 0.4) is 0 Å². The largest absolute Gasteiger partial charge is 0.493 e. The maximum Gasteiger partial charge on any atom is 0.230 e. The SMILES string of the molecule is CC[C@H](C(=O)N1CCC[C@](COc2ccccc2)(CC(=O)N2CCCCC2)C1)c1ccccc1. The zero-order chi connectivity index (χ0) is 23.8. The number of carbonyl (C=O) groups is 2. The first-order valence-corrected chi connectivity index (χ1v) is 12.9. The molecule has 2 aliphatic heterocycles. The van der Waals surface area contributed by atoms with Crippen LogP contribution in [-0.2, 0) is 9.59 Å². The third-order valence-corrected chi connectivity index (χ3v) is 7.40. The molecule has 2 amide bonds. The number of piperidine rings is 2. The summed E-state index contributed by atoms with van der Waals surface area (Å²) in [5.74, 6) is 1.04. The van der Waals surface area contributed by atoms with Gasteiger partial charge in [-0.3, -0.25) is 9.59 Å². The number of rotatable bonds is 8. The number of ether oxygens (including phenoxy) is 1. The first-order chi connectivity index (χ1) is 16.6. The fourth-order valence-corrected chi connectivity index (χ4v) is 5.50. The van der Waals surface area contributed by atoms with Crippen molar-refractivity contribution in [2.24, 2.45) is 5.41 Å². The lowest BCUT2D eigenvalue weighted by atomic mass is 9.76. The summed E-state index contributed by atoms with van der Waals surface area (Å²) in [5.41, 5.74) is 0.698. The molecule has 0 bridgehead atoms. The monoisotopic (exact) mass is 462 g/mol. The molecule has 0 aliphatic carbocycles. The minimum atomic E-state index is -0.368. The van der Waals surface area contributed by atoms with Gasteiger partial charge in [0, 0.05) is 38.0 Å². The zero-order valence-electron chi connectivity index (χ0n) is 20.5. The fourth-order valence-electron chi connectivity index (χ4n) is 5.50. The number of hydrogen-bond donors (Lipinski definition) is 0. The molecule has 34 heavy (non-hydrogen) atoms. The highest BCUT2D eigenvalue weighted by molar-refractivity contribution is 5.84. The third-order valence-electron chi connectivity index (χ3n) is 7.40. The normalized spacial score (nSPS) is 21.7. The topological polar surface area (TPSA) is 49.9 Å². The van der Waals surface area contributed by atoms with Gasteiger partial charge >= 0.3 is 0 Å². The van der Waals surface area contributed by atoms with Gasteiger partial charge in [0.15, 0.2) is 0 Å². The van der Waals surface area contributed by atoms with E-state index >= 15 is 0 Å². The first-order valence-electron chi connectivity index (χ1n) is 12.9. The Morgan fingerprint density at radius 1 is 0.882 bits per heavy atom. The van der Waals surface area contributed by atoms with E-state index in [9.17, 15) is 9.59 Å². The summed E-state index contributed by atoms with van der Waals surface area (Å²) in [4.78, 5) is 31.0. The number of benzene rings is 2. The first kappa shape index (κ1) is 24.3. The zero-order valence-corrected chi connectivity index (χ0v) is 20.5. The standard InChI is InChI=1S/C29H38N2O3/c1-2-26(24-13-6-3-7-14-24)28(33)31-20-12-17-29(22-31,23-34-25-15-8-4-9-16-25)21-27(32)30-18-10-5-11-19-30/h3-4,6-9,13-16,26H,2,5,10-12,17-23H2,1H3/t26-,29-/m0/s1. The van der Waals surface area contributed by atoms with Crippen molar-refractivity contribution in [2.45, 2.75) is 57.8 Å². The van der Waals surface area contributed by atoms with E-state index in [1.807, 2.05) is 70.5 Å². The summed E-state index contributed by atoms with van der Waals surface area (Å²) < 4.78 is 6.23. The number of likely N-dealkylation sites (tertiary alicyclic amines) is 2. The number of amides is 2. The quantitative estimate of drug-likeness (QED) is 0.537. The summed E-state index contributed by atoms with van der Waals surface area (Å²) in [6.07, 6.45) is 6.35. The van der Waals surface area contributed by atoms with Crippen molar-refractivity contribution in [3.8, 4) is 5.75 Å². The van der Waals surface area contributed by atoms with E-state index in [1.165, 1.54) is 6.42 Å². The smallest absolute Gasteiger partial charge is 0.230 e. The van der Waals surface area contributed by atoms with E-state index in [2.05, 4.69) is 6.92 Å². The molecule has 2 heterocycles. The molecule has 0 spiro atoms. The van der Waals surface area contributed by atoms with Crippen LogP contribution in [0.4, 0.5) is 0 Å². The van der Waals surface area contributed by atoms with Crippen LogP contribution in [0.5, 0.6) is 5.75 Å². The van der Waals surface area contributed by atoms with Gasteiger partial charge in [0.25, 0.3) is 0 Å². The molecule has 0 unspecified atom stereocenters. The Balaban J connectivity index is 1.52. The predicted octanol–water partition coefficient (Wildman–Crippen LogP) is 5.27. The second-order valence-electron chi connectivity index (χ2n) is 9.95. The van der Waals surface area contributed by atoms with Gasteiger partial charge in [-0.2, -0.15) is 0 Å². The second-order valence-corrected chi connectivity index (χ2v) is 9.95. The van der Waals surface area contributed by atoms with Crippen LogP contribution in [0.15, 0.2) is 60.7 Å². The van der Waals surface area contributed by atoms with Crippen molar-refractivity contribution in [3.05, 3.63) is 66.2 Å². The molecule has 2 fully saturated rings. The maximum absolute atomic E-state index is 13.7. The Morgan fingerprint density at radius 3 is 2.21 bits per heavy atom. The van der Waals surface area contributed by atoms with Gasteiger partial charge in [0.1, 0.15) is 5.75 Å². The van der Waals surface area contributed by atoms with Crippen LogP contribution in [0.1, 0.15) is 63.4 Å². The van der Waals surface area contributed by atoms with Crippen molar-refractivity contribution in [1.82, 2.24) is 9.80 Å². The minimum absolute atomic E-state index is 0.148. The highest BCUT2D eigenvalue weighted by Crippen LogP contribution is 2.37. The van der Waals surface area contributed by atoms with Crippen LogP contribution in [-0.4, -0.2) is 54.4 Å². The molecule has 0 aromatic heterocycles. The second kappa shape index (κ2) is 11.5. The van der Waals surface area contributed by atoms with Crippen LogP contribution >= 0.6 is 0 Å². The average molecular weight is 463 g/mol. The molecule has 5 heteroatoms. The van der Waals surface area contributed by atoms with Gasteiger partial charge in [0.2, 0.25) is 11.8 Å². The lowest BCUT2D eigenvalue weighted by Gasteiger charge is -2.44. The predicted molar refractivity (Wildman–Crippen MR) is 135 cm³/mol. The maximum atomic E-state index is 13.7. The molecule has 2 aromatic rings. The van der Waals surface area contributed by atoms with Crippen LogP contribution < -0.4 is 4.74 Å². The third kappa shape index (κ3) is 5.99. The summed E-state index contributed by atoms with van der Waals surface area (Å²) in [6.45, 7) is 5.54. The molecule has 4 rings (SSSR count). The van der Waals surface area contributed by atoms with Crippen molar-refractivity contribution in [3.63, 3.8) is 0 Å². The molecule has 0 saturated carbocycles. The van der Waals surface area contributed by atoms with E-state index in [4.69, 9.17) is 4.74 Å². The van der Waals surface area contributed by atoms with E-state index in [0.717, 1.165) is 63.1 Å². The van der Waals surface area contributed by atoms with E-state index in [1.54, 1.807) is 0 Å². The van der Waals surface area contributed by atoms with Gasteiger partial charge in [-0.25, -0.2) is 0 Å². The lowest BCUT2D eigenvalue weighted by molar-refractivity contribution is -0.143. The van der Waals surface area contributed by atoms with Crippen LogP contribution in [0, 0.1) is 5.41 Å². The molecule has 2 saturated heterocycles. The Kier molecular flexibility index (Phi) is 8.25. The molecule has 2 aliphatic rings. The van der Waals surface area contributed by atoms with Crippen molar-refractivity contribution < 1.29 is 14.3 Å². The summed E-state index contributed by atoms with van der Waals surface area (Å²) in [7, 11) is 0. The highest BCUT2D eigenvalue weighted by atomic mass is 16.5. The van der Waals surface area contributed by atoms with Gasteiger partial charge < -0.3 is 14.5 Å². The Labute approximate surface area is 204 Å². The Hall–Kier alpha value is -2.82. The van der Waals surface area contributed by atoms with Crippen LogP contribution in [0.2, 0.25) is 0 Å². The van der Waals surface area contributed by atoms with Gasteiger partial charge in [-0.05, 0) is 56.2 Å². The van der Waals surface area contributed by atoms with Crippen molar-refractivity contribution in [2.75, 3.05) is 32.8 Å². The van der Waals surface area contributed by atoms with E-state index < -0.39 is 0 Å². The van der Waals surface area contributed by atoms with E-state index in [0.29, 0.717) is 19.6 Å². The lowest BCUT2D eigenvalue weighted by Crippen LogP contribution is -2.52. The Morgan fingerprint density at radius 2 is 1.53 bits per heavy atom. The number of para-hydroxylation sites is 1. The molecular formula is C29H38N2O3. The van der Waals surface area contributed by atoms with Gasteiger partial charge in [0.05, 0.1) is 12.5 Å². The fraction of sp³-hybridized carbons (Fsp3) is 0.517. The minimum Gasteiger partial charge on any atom is -0.493 e. The molecule has 0 N–H and O–H groups in total. The molecule has 2 aromatic carbocycles. The molecule has 0 radical (unpaired) electrons. The number of nitrogens with zero attached hydrogens (tertiary/aromatic N) is 2. The number of hydrogen-bond acceptors (Lipinski definition) is 3. The average Bonchev–Trinajstić information content (AvgIpc) is 2.90. The van der Waals surface area contributed by atoms with Gasteiger partial charge in [-0.1, -0.05) is 55.5 Å². The van der Waals surface area contributed by atoms with Crippen molar-refractivity contribution in [1.29, 1.82) is 0 Å². The van der Waals surface area contributed by atoms with E-state index in [-0.39, 0.29) is 23.1 Å². The summed E-state index contributed by atoms with van der Waals surface area (Å²) in [6, 6.07) is 19.9. The van der Waals surface area contributed by atoms with Crippen LogP contribution in [0.25, 0.3) is 0 Å². The molecular weight excluding hydrogens is 424 g/mol. The summed E-state index contributed by atoms with van der Waals surface area (Å²) >= 11 is 0. The molecule has 5 nitrogen and oxygen atoms in total. The highest BCUT2D eigenvalue weighted by Gasteiger charge is 2.42. The summed E-state index contributed by atoms with van der Waals surface area (Å²) in [5, 5.41) is 0.